The highest BCUT2D eigenvalue weighted by atomic mass is 16.5. The second-order valence-corrected chi connectivity index (χ2v) is 5.62. The number of hydrogen-bond donors (Lipinski definition) is 1. The maximum Gasteiger partial charge on any atom is 0.227 e. The first-order valence-electron chi connectivity index (χ1n) is 7.71. The number of carbonyl (C=O) groups is 1. The average Bonchev–Trinajstić information content (AvgIpc) is 2.57. The monoisotopic (exact) mass is 286 g/mol. The summed E-state index contributed by atoms with van der Waals surface area (Å²) in [4.78, 5) is 14.5. The first-order chi connectivity index (χ1) is 10.3. The topological polar surface area (TPSA) is 41.6 Å². The molecule has 1 amide bonds. The summed E-state index contributed by atoms with van der Waals surface area (Å²) in [6, 6.07) is 8.12. The molecule has 0 aromatic heterocycles. The fourth-order valence-electron chi connectivity index (χ4n) is 2.85. The van der Waals surface area contributed by atoms with E-state index in [1.807, 2.05) is 12.1 Å². The summed E-state index contributed by atoms with van der Waals surface area (Å²) in [5.41, 5.74) is 2.07. The van der Waals surface area contributed by atoms with Crippen molar-refractivity contribution < 1.29 is 9.53 Å². The fraction of sp³-hybridized carbons (Fsp3) is 0.471. The highest BCUT2D eigenvalue weighted by Gasteiger charge is 2.18. The zero-order valence-electron chi connectivity index (χ0n) is 12.3. The number of carbonyl (C=O) groups excluding carboxylic acids is 1. The van der Waals surface area contributed by atoms with Gasteiger partial charge < -0.3 is 15.0 Å². The third kappa shape index (κ3) is 3.64. The van der Waals surface area contributed by atoms with Gasteiger partial charge in [-0.25, -0.2) is 0 Å². The molecule has 1 saturated heterocycles. The van der Waals surface area contributed by atoms with Gasteiger partial charge in [0.2, 0.25) is 5.91 Å². The molecule has 0 saturated carbocycles. The molecule has 4 nitrogen and oxygen atoms in total. The van der Waals surface area contributed by atoms with Crippen LogP contribution in [0.1, 0.15) is 19.3 Å². The summed E-state index contributed by atoms with van der Waals surface area (Å²) >= 11 is 0. The van der Waals surface area contributed by atoms with Crippen LogP contribution in [0.25, 0.3) is 0 Å². The first kappa shape index (κ1) is 14.1. The standard InChI is InChI=1S/C17H22N2O2/c20-17(14-4-2-1-3-5-14)18-15-6-8-16(9-7-15)19-10-12-21-13-11-19/h1-2,6-9,14H,3-5,10-13H2,(H,18,20)/t14-/m1/s1. The zero-order valence-corrected chi connectivity index (χ0v) is 12.3. The van der Waals surface area contributed by atoms with Gasteiger partial charge in [0.05, 0.1) is 13.2 Å². The molecule has 2 aliphatic rings. The molecule has 3 rings (SSSR count). The number of allylic oxidation sites excluding steroid dienone is 2. The quantitative estimate of drug-likeness (QED) is 0.869. The van der Waals surface area contributed by atoms with Crippen LogP contribution in [0.15, 0.2) is 36.4 Å². The predicted octanol–water partition coefficient (Wildman–Crippen LogP) is 2.82. The molecule has 21 heavy (non-hydrogen) atoms. The van der Waals surface area contributed by atoms with Crippen LogP contribution in [0, 0.1) is 5.92 Å². The van der Waals surface area contributed by atoms with Gasteiger partial charge in [0, 0.05) is 30.4 Å². The van der Waals surface area contributed by atoms with Gasteiger partial charge in [-0.1, -0.05) is 12.2 Å². The molecule has 0 spiro atoms. The van der Waals surface area contributed by atoms with Crippen LogP contribution in [0.2, 0.25) is 0 Å². The van der Waals surface area contributed by atoms with Crippen LogP contribution in [-0.4, -0.2) is 32.2 Å². The van der Waals surface area contributed by atoms with Crippen molar-refractivity contribution in [2.75, 3.05) is 36.5 Å². The predicted molar refractivity (Wildman–Crippen MR) is 84.6 cm³/mol. The number of amides is 1. The minimum atomic E-state index is 0.119. The van der Waals surface area contributed by atoms with Crippen molar-refractivity contribution in [3.63, 3.8) is 0 Å². The molecule has 4 heteroatoms. The maximum absolute atomic E-state index is 12.2. The lowest BCUT2D eigenvalue weighted by Crippen LogP contribution is -2.36. The van der Waals surface area contributed by atoms with E-state index in [9.17, 15) is 4.79 Å². The van der Waals surface area contributed by atoms with Gasteiger partial charge in [-0.3, -0.25) is 4.79 Å². The van der Waals surface area contributed by atoms with Gasteiger partial charge in [-0.2, -0.15) is 0 Å². The lowest BCUT2D eigenvalue weighted by atomic mass is 9.93. The summed E-state index contributed by atoms with van der Waals surface area (Å²) in [6.45, 7) is 3.43. The fourth-order valence-corrected chi connectivity index (χ4v) is 2.85. The van der Waals surface area contributed by atoms with E-state index >= 15 is 0 Å². The van der Waals surface area contributed by atoms with E-state index in [0.29, 0.717) is 0 Å². The zero-order chi connectivity index (χ0) is 14.5. The number of ether oxygens (including phenoxy) is 1. The summed E-state index contributed by atoms with van der Waals surface area (Å²) in [5, 5.41) is 3.03. The average molecular weight is 286 g/mol. The molecular weight excluding hydrogens is 264 g/mol. The van der Waals surface area contributed by atoms with Crippen LogP contribution in [-0.2, 0) is 9.53 Å². The molecule has 1 aliphatic heterocycles. The lowest BCUT2D eigenvalue weighted by molar-refractivity contribution is -0.120. The molecule has 1 aromatic carbocycles. The van der Waals surface area contributed by atoms with Crippen molar-refractivity contribution >= 4 is 17.3 Å². The molecule has 1 fully saturated rings. The van der Waals surface area contributed by atoms with E-state index in [1.165, 1.54) is 5.69 Å². The van der Waals surface area contributed by atoms with E-state index in [0.717, 1.165) is 51.3 Å². The molecule has 1 aromatic rings. The van der Waals surface area contributed by atoms with E-state index in [2.05, 4.69) is 34.5 Å². The van der Waals surface area contributed by atoms with Crippen LogP contribution in [0.4, 0.5) is 11.4 Å². The van der Waals surface area contributed by atoms with Gasteiger partial charge >= 0.3 is 0 Å². The third-order valence-corrected chi connectivity index (χ3v) is 4.15. The van der Waals surface area contributed by atoms with Gasteiger partial charge in [0.25, 0.3) is 0 Å². The van der Waals surface area contributed by atoms with Crippen molar-refractivity contribution in [3.8, 4) is 0 Å². The number of rotatable bonds is 3. The highest BCUT2D eigenvalue weighted by molar-refractivity contribution is 5.92. The van der Waals surface area contributed by atoms with E-state index in [1.54, 1.807) is 0 Å². The Balaban J connectivity index is 1.58. The summed E-state index contributed by atoms with van der Waals surface area (Å²) in [7, 11) is 0. The number of nitrogens with zero attached hydrogens (tertiary/aromatic N) is 1. The summed E-state index contributed by atoms with van der Waals surface area (Å²) in [5.74, 6) is 0.257. The molecule has 0 unspecified atom stereocenters. The van der Waals surface area contributed by atoms with Crippen LogP contribution in [0.3, 0.4) is 0 Å². The van der Waals surface area contributed by atoms with Crippen molar-refractivity contribution in [2.45, 2.75) is 19.3 Å². The molecular formula is C17H22N2O2. The Labute approximate surface area is 125 Å². The minimum absolute atomic E-state index is 0.119. The number of benzene rings is 1. The number of anilines is 2. The SMILES string of the molecule is O=C(Nc1ccc(N2CCOCC2)cc1)[C@@H]1CC=CCC1. The van der Waals surface area contributed by atoms with E-state index in [4.69, 9.17) is 4.74 Å². The number of morpholine rings is 1. The smallest absolute Gasteiger partial charge is 0.227 e. The van der Waals surface area contributed by atoms with E-state index in [-0.39, 0.29) is 11.8 Å². The first-order valence-corrected chi connectivity index (χ1v) is 7.71. The number of nitrogens with one attached hydrogen (secondary N) is 1. The Hall–Kier alpha value is -1.81. The van der Waals surface area contributed by atoms with Gasteiger partial charge in [0.15, 0.2) is 0 Å². The second-order valence-electron chi connectivity index (χ2n) is 5.62. The lowest BCUT2D eigenvalue weighted by Gasteiger charge is -2.29. The molecule has 1 heterocycles. The maximum atomic E-state index is 12.2. The molecule has 1 N–H and O–H groups in total. The van der Waals surface area contributed by atoms with E-state index < -0.39 is 0 Å². The Kier molecular flexibility index (Phi) is 4.55. The molecule has 1 aliphatic carbocycles. The largest absolute Gasteiger partial charge is 0.378 e. The highest BCUT2D eigenvalue weighted by Crippen LogP contribution is 2.22. The van der Waals surface area contributed by atoms with Gasteiger partial charge in [0.1, 0.15) is 0 Å². The minimum Gasteiger partial charge on any atom is -0.378 e. The van der Waals surface area contributed by atoms with Crippen LogP contribution in [0.5, 0.6) is 0 Å². The third-order valence-electron chi connectivity index (χ3n) is 4.15. The second kappa shape index (κ2) is 6.76. The molecule has 1 atom stereocenters. The summed E-state index contributed by atoms with van der Waals surface area (Å²) in [6.07, 6.45) is 7.08. The van der Waals surface area contributed by atoms with Gasteiger partial charge in [-0.05, 0) is 43.5 Å². The molecule has 112 valence electrons. The van der Waals surface area contributed by atoms with Crippen molar-refractivity contribution in [1.29, 1.82) is 0 Å². The van der Waals surface area contributed by atoms with Crippen LogP contribution < -0.4 is 10.2 Å². The Morgan fingerprint density at radius 3 is 2.57 bits per heavy atom. The van der Waals surface area contributed by atoms with Gasteiger partial charge in [-0.15, -0.1) is 0 Å². The molecule has 0 radical (unpaired) electrons. The number of hydrogen-bond acceptors (Lipinski definition) is 3. The van der Waals surface area contributed by atoms with Crippen molar-refractivity contribution in [2.24, 2.45) is 5.92 Å². The normalized spacial score (nSPS) is 22.1. The van der Waals surface area contributed by atoms with Crippen molar-refractivity contribution in [3.05, 3.63) is 36.4 Å². The molecule has 0 bridgehead atoms. The summed E-state index contributed by atoms with van der Waals surface area (Å²) < 4.78 is 5.36. The van der Waals surface area contributed by atoms with Crippen LogP contribution >= 0.6 is 0 Å². The Morgan fingerprint density at radius 1 is 1.14 bits per heavy atom. The Morgan fingerprint density at radius 2 is 1.90 bits per heavy atom. The van der Waals surface area contributed by atoms with Crippen molar-refractivity contribution in [1.82, 2.24) is 0 Å². The Bertz CT molecular complexity index is 504.